The summed E-state index contributed by atoms with van der Waals surface area (Å²) < 4.78 is 5.76. The highest BCUT2D eigenvalue weighted by Crippen LogP contribution is 2.34. The van der Waals surface area contributed by atoms with Crippen LogP contribution in [0.3, 0.4) is 0 Å². The normalized spacial score (nSPS) is 34.3. The van der Waals surface area contributed by atoms with Crippen molar-refractivity contribution in [2.45, 2.75) is 51.0 Å². The highest BCUT2D eigenvalue weighted by molar-refractivity contribution is 5.81. The molecule has 1 amide bonds. The third-order valence-electron chi connectivity index (χ3n) is 5.47. The predicted molar refractivity (Wildman–Crippen MR) is 76.7 cm³/mol. The summed E-state index contributed by atoms with van der Waals surface area (Å²) in [6.07, 6.45) is 6.73. The van der Waals surface area contributed by atoms with Crippen LogP contribution in [0.5, 0.6) is 0 Å². The summed E-state index contributed by atoms with van der Waals surface area (Å²) in [6.45, 7) is 2.53. The number of ether oxygens (including phenoxy) is 1. The van der Waals surface area contributed by atoms with Crippen LogP contribution in [0, 0.1) is 17.8 Å². The number of carbonyl (C=O) groups excluding carboxylic acids is 1. The fourth-order valence-electron chi connectivity index (χ4n) is 4.15. The zero-order chi connectivity index (χ0) is 14.8. The number of carboxylic acids is 1. The SMILES string of the molecule is O=C(O)[C@@H]1CC[C@H](C(=O)N2CCC(C3CCCO3)CC2)C1. The third kappa shape index (κ3) is 3.23. The van der Waals surface area contributed by atoms with Gasteiger partial charge in [-0.15, -0.1) is 0 Å². The van der Waals surface area contributed by atoms with Crippen LogP contribution in [0.25, 0.3) is 0 Å². The van der Waals surface area contributed by atoms with Crippen molar-refractivity contribution in [2.75, 3.05) is 19.7 Å². The largest absolute Gasteiger partial charge is 0.481 e. The maximum Gasteiger partial charge on any atom is 0.306 e. The summed E-state index contributed by atoms with van der Waals surface area (Å²) in [5.74, 6) is -0.340. The van der Waals surface area contributed by atoms with E-state index in [1.165, 1.54) is 12.8 Å². The lowest BCUT2D eigenvalue weighted by atomic mass is 9.89. The summed E-state index contributed by atoms with van der Waals surface area (Å²) in [6, 6.07) is 0. The molecule has 5 heteroatoms. The number of piperidine rings is 1. The fourth-order valence-corrected chi connectivity index (χ4v) is 4.15. The topological polar surface area (TPSA) is 66.8 Å². The molecule has 0 aromatic rings. The standard InChI is InChI=1S/C16H25NO4/c18-15(12-3-4-13(10-12)16(19)20)17-7-5-11(6-8-17)14-2-1-9-21-14/h11-14H,1-10H2,(H,19,20)/t12-,13+,14?/m0/s1. The molecule has 1 unspecified atom stereocenters. The molecule has 0 aromatic carbocycles. The highest BCUT2D eigenvalue weighted by Gasteiger charge is 2.37. The first kappa shape index (κ1) is 14.8. The third-order valence-corrected chi connectivity index (χ3v) is 5.47. The summed E-state index contributed by atoms with van der Waals surface area (Å²) in [4.78, 5) is 25.5. The minimum absolute atomic E-state index is 0.0645. The number of hydrogen-bond acceptors (Lipinski definition) is 3. The van der Waals surface area contributed by atoms with Crippen LogP contribution in [0.2, 0.25) is 0 Å². The van der Waals surface area contributed by atoms with Crippen molar-refractivity contribution in [1.29, 1.82) is 0 Å². The molecule has 21 heavy (non-hydrogen) atoms. The number of nitrogens with zero attached hydrogens (tertiary/aromatic N) is 1. The van der Waals surface area contributed by atoms with Crippen LogP contribution >= 0.6 is 0 Å². The fraction of sp³-hybridized carbons (Fsp3) is 0.875. The smallest absolute Gasteiger partial charge is 0.306 e. The van der Waals surface area contributed by atoms with Crippen LogP contribution in [-0.2, 0) is 14.3 Å². The van der Waals surface area contributed by atoms with Gasteiger partial charge in [0, 0.05) is 25.6 Å². The van der Waals surface area contributed by atoms with Gasteiger partial charge in [0.15, 0.2) is 0 Å². The Balaban J connectivity index is 1.48. The predicted octanol–water partition coefficient (Wildman–Crippen LogP) is 1.90. The second-order valence-electron chi connectivity index (χ2n) is 6.76. The second-order valence-corrected chi connectivity index (χ2v) is 6.76. The highest BCUT2D eigenvalue weighted by atomic mass is 16.5. The molecule has 1 aliphatic carbocycles. The quantitative estimate of drug-likeness (QED) is 0.863. The van der Waals surface area contributed by atoms with E-state index in [9.17, 15) is 9.59 Å². The van der Waals surface area contributed by atoms with E-state index in [-0.39, 0.29) is 17.7 Å². The zero-order valence-corrected chi connectivity index (χ0v) is 12.5. The van der Waals surface area contributed by atoms with E-state index in [2.05, 4.69) is 0 Å². The van der Waals surface area contributed by atoms with E-state index in [1.807, 2.05) is 4.90 Å². The molecule has 0 radical (unpaired) electrons. The average Bonchev–Trinajstić information content (AvgIpc) is 3.18. The van der Waals surface area contributed by atoms with Gasteiger partial charge in [0.05, 0.1) is 12.0 Å². The molecule has 5 nitrogen and oxygen atoms in total. The minimum Gasteiger partial charge on any atom is -0.481 e. The molecule has 3 rings (SSSR count). The Morgan fingerprint density at radius 2 is 1.71 bits per heavy atom. The van der Waals surface area contributed by atoms with Gasteiger partial charge in [0.2, 0.25) is 5.91 Å². The van der Waals surface area contributed by atoms with Gasteiger partial charge in [-0.1, -0.05) is 0 Å². The number of carbonyl (C=O) groups is 2. The van der Waals surface area contributed by atoms with Crippen molar-refractivity contribution in [2.24, 2.45) is 17.8 Å². The first-order valence-corrected chi connectivity index (χ1v) is 8.28. The molecule has 1 N–H and O–H groups in total. The molecule has 0 bridgehead atoms. The van der Waals surface area contributed by atoms with E-state index in [0.29, 0.717) is 24.9 Å². The van der Waals surface area contributed by atoms with Crippen LogP contribution in [0.1, 0.15) is 44.9 Å². The van der Waals surface area contributed by atoms with Gasteiger partial charge >= 0.3 is 5.97 Å². The Labute approximate surface area is 125 Å². The van der Waals surface area contributed by atoms with Gasteiger partial charge in [-0.2, -0.15) is 0 Å². The first-order chi connectivity index (χ1) is 10.1. The first-order valence-electron chi connectivity index (χ1n) is 8.28. The minimum atomic E-state index is -0.748. The summed E-state index contributed by atoms with van der Waals surface area (Å²) >= 11 is 0. The molecule has 0 spiro atoms. The van der Waals surface area contributed by atoms with E-state index >= 15 is 0 Å². The molecule has 3 aliphatic rings. The van der Waals surface area contributed by atoms with Crippen LogP contribution < -0.4 is 0 Å². The Kier molecular flexibility index (Phi) is 4.48. The second kappa shape index (κ2) is 6.34. The number of likely N-dealkylation sites (tertiary alicyclic amines) is 1. The molecule has 3 fully saturated rings. The molecule has 118 valence electrons. The number of aliphatic carboxylic acids is 1. The molecular weight excluding hydrogens is 270 g/mol. The summed E-state index contributed by atoms with van der Waals surface area (Å²) in [5.41, 5.74) is 0. The van der Waals surface area contributed by atoms with E-state index in [4.69, 9.17) is 9.84 Å². The molecule has 0 aromatic heterocycles. The van der Waals surface area contributed by atoms with Crippen molar-refractivity contribution in [3.63, 3.8) is 0 Å². The average molecular weight is 295 g/mol. The van der Waals surface area contributed by atoms with E-state index in [0.717, 1.165) is 39.0 Å². The van der Waals surface area contributed by atoms with Gasteiger partial charge in [0.1, 0.15) is 0 Å². The molecular formula is C16H25NO4. The summed E-state index contributed by atoms with van der Waals surface area (Å²) in [7, 11) is 0. The molecule has 3 atom stereocenters. The Bertz CT molecular complexity index is 397. The lowest BCUT2D eigenvalue weighted by molar-refractivity contribution is -0.142. The van der Waals surface area contributed by atoms with Crippen LogP contribution in [0.4, 0.5) is 0 Å². The molecule has 2 heterocycles. The van der Waals surface area contributed by atoms with E-state index in [1.54, 1.807) is 0 Å². The number of rotatable bonds is 3. The Morgan fingerprint density at radius 1 is 1.00 bits per heavy atom. The maximum absolute atomic E-state index is 12.5. The van der Waals surface area contributed by atoms with E-state index < -0.39 is 5.97 Å². The van der Waals surface area contributed by atoms with Crippen LogP contribution in [-0.4, -0.2) is 47.7 Å². The van der Waals surface area contributed by atoms with Gasteiger partial charge in [-0.3, -0.25) is 9.59 Å². The van der Waals surface area contributed by atoms with Crippen molar-refractivity contribution in [1.82, 2.24) is 4.90 Å². The number of amides is 1. The van der Waals surface area contributed by atoms with Gasteiger partial charge in [-0.25, -0.2) is 0 Å². The van der Waals surface area contributed by atoms with Gasteiger partial charge in [0.25, 0.3) is 0 Å². The molecule has 1 saturated carbocycles. The van der Waals surface area contributed by atoms with Crippen molar-refractivity contribution >= 4 is 11.9 Å². The monoisotopic (exact) mass is 295 g/mol. The van der Waals surface area contributed by atoms with Crippen molar-refractivity contribution < 1.29 is 19.4 Å². The Morgan fingerprint density at radius 3 is 2.29 bits per heavy atom. The van der Waals surface area contributed by atoms with Crippen molar-refractivity contribution in [3.05, 3.63) is 0 Å². The zero-order valence-electron chi connectivity index (χ0n) is 12.5. The van der Waals surface area contributed by atoms with Crippen LogP contribution in [0.15, 0.2) is 0 Å². The number of hydrogen-bond donors (Lipinski definition) is 1. The molecule has 2 saturated heterocycles. The summed E-state index contributed by atoms with van der Waals surface area (Å²) in [5, 5.41) is 9.04. The lowest BCUT2D eigenvalue weighted by Gasteiger charge is -2.35. The maximum atomic E-state index is 12.5. The lowest BCUT2D eigenvalue weighted by Crippen LogP contribution is -2.43. The van der Waals surface area contributed by atoms with Gasteiger partial charge in [-0.05, 0) is 50.9 Å². The number of carboxylic acid groups (broad SMARTS) is 1. The van der Waals surface area contributed by atoms with Gasteiger partial charge < -0.3 is 14.7 Å². The Hall–Kier alpha value is -1.10. The van der Waals surface area contributed by atoms with Crippen molar-refractivity contribution in [3.8, 4) is 0 Å². The molecule has 2 aliphatic heterocycles.